The number of benzene rings is 1. The number of hydrogen-bond acceptors (Lipinski definition) is 3. The summed E-state index contributed by atoms with van der Waals surface area (Å²) in [5, 5.41) is 1.32. The molecule has 0 aliphatic heterocycles. The van der Waals surface area contributed by atoms with Gasteiger partial charge in [0.15, 0.2) is 8.32 Å². The van der Waals surface area contributed by atoms with E-state index in [1.54, 1.807) is 0 Å². The number of para-hydroxylation sites is 1. The van der Waals surface area contributed by atoms with Crippen LogP contribution in [0.15, 0.2) is 30.3 Å². The van der Waals surface area contributed by atoms with Gasteiger partial charge in [-0.3, -0.25) is 0 Å². The Balaban J connectivity index is 2.06. The molecule has 0 saturated carbocycles. The molecule has 23 heavy (non-hydrogen) atoms. The Hall–Kier alpha value is -1.39. The molecule has 0 radical (unpaired) electrons. The number of ether oxygens (including phenoxy) is 1. The van der Waals surface area contributed by atoms with Crippen molar-refractivity contribution in [2.24, 2.45) is 0 Å². The van der Waals surface area contributed by atoms with Crippen LogP contribution in [0.1, 0.15) is 33.4 Å². The Bertz CT molecular complexity index is 677. The standard InChI is InChI=1S/C19H29NO2Si/c1-14(13-21-23(6,7)19(3,4)5)22-18-12-16-10-8-9-11-17(16)20-15(18)2/h8-12,14H,13H2,1-7H3/t14-/m1/s1. The highest BCUT2D eigenvalue weighted by atomic mass is 28.4. The van der Waals surface area contributed by atoms with Gasteiger partial charge in [-0.1, -0.05) is 39.0 Å². The fourth-order valence-corrected chi connectivity index (χ4v) is 3.19. The zero-order valence-corrected chi connectivity index (χ0v) is 16.4. The van der Waals surface area contributed by atoms with Crippen LogP contribution >= 0.6 is 0 Å². The molecule has 1 atom stereocenters. The topological polar surface area (TPSA) is 31.4 Å². The average molecular weight is 332 g/mol. The summed E-state index contributed by atoms with van der Waals surface area (Å²) in [4.78, 5) is 4.62. The number of aryl methyl sites for hydroxylation is 1. The molecule has 1 heterocycles. The molecular formula is C19H29NO2Si. The van der Waals surface area contributed by atoms with Crippen LogP contribution in [0.3, 0.4) is 0 Å². The molecule has 0 bridgehead atoms. The second-order valence-electron chi connectivity index (χ2n) is 7.76. The van der Waals surface area contributed by atoms with Gasteiger partial charge in [-0.15, -0.1) is 0 Å². The Morgan fingerprint density at radius 1 is 1.17 bits per heavy atom. The van der Waals surface area contributed by atoms with E-state index >= 15 is 0 Å². The summed E-state index contributed by atoms with van der Waals surface area (Å²) in [7, 11) is -1.74. The van der Waals surface area contributed by atoms with Gasteiger partial charge in [0.2, 0.25) is 0 Å². The predicted octanol–water partition coefficient (Wildman–Crippen LogP) is 5.33. The lowest BCUT2D eigenvalue weighted by molar-refractivity contribution is 0.133. The van der Waals surface area contributed by atoms with Gasteiger partial charge in [0.25, 0.3) is 0 Å². The highest BCUT2D eigenvalue weighted by Gasteiger charge is 2.37. The SMILES string of the molecule is Cc1nc2ccccc2cc1O[C@H](C)CO[Si](C)(C)C(C)(C)C. The minimum absolute atomic E-state index is 0.00536. The van der Waals surface area contributed by atoms with Crippen molar-refractivity contribution >= 4 is 19.2 Å². The lowest BCUT2D eigenvalue weighted by Crippen LogP contribution is -2.43. The molecule has 2 aromatic rings. The molecule has 0 aliphatic rings. The maximum absolute atomic E-state index is 6.25. The predicted molar refractivity (Wildman–Crippen MR) is 99.7 cm³/mol. The number of aromatic nitrogens is 1. The largest absolute Gasteiger partial charge is 0.486 e. The average Bonchev–Trinajstić information content (AvgIpc) is 2.45. The molecule has 0 spiro atoms. The minimum atomic E-state index is -1.74. The first-order valence-electron chi connectivity index (χ1n) is 8.27. The fraction of sp³-hybridized carbons (Fsp3) is 0.526. The maximum Gasteiger partial charge on any atom is 0.192 e. The van der Waals surface area contributed by atoms with Gasteiger partial charge in [-0.2, -0.15) is 0 Å². The second kappa shape index (κ2) is 6.61. The molecule has 0 saturated heterocycles. The van der Waals surface area contributed by atoms with E-state index in [1.807, 2.05) is 25.1 Å². The van der Waals surface area contributed by atoms with Crippen LogP contribution in [0, 0.1) is 6.92 Å². The molecule has 0 aliphatic carbocycles. The van der Waals surface area contributed by atoms with Crippen molar-refractivity contribution in [1.82, 2.24) is 4.98 Å². The number of fused-ring (bicyclic) bond motifs is 1. The molecule has 0 amide bonds. The van der Waals surface area contributed by atoms with E-state index in [0.29, 0.717) is 6.61 Å². The number of hydrogen-bond donors (Lipinski definition) is 0. The van der Waals surface area contributed by atoms with Crippen LogP contribution in [0.4, 0.5) is 0 Å². The Morgan fingerprint density at radius 2 is 1.83 bits per heavy atom. The van der Waals surface area contributed by atoms with Gasteiger partial charge < -0.3 is 9.16 Å². The monoisotopic (exact) mass is 331 g/mol. The highest BCUT2D eigenvalue weighted by molar-refractivity contribution is 6.74. The first-order valence-corrected chi connectivity index (χ1v) is 11.2. The quantitative estimate of drug-likeness (QED) is 0.694. The van der Waals surface area contributed by atoms with Crippen molar-refractivity contribution in [2.45, 2.75) is 58.9 Å². The van der Waals surface area contributed by atoms with Crippen molar-refractivity contribution in [3.05, 3.63) is 36.0 Å². The molecule has 1 aromatic carbocycles. The number of rotatable bonds is 5. The summed E-state index contributed by atoms with van der Waals surface area (Å²) >= 11 is 0. The van der Waals surface area contributed by atoms with Crippen molar-refractivity contribution in [2.75, 3.05) is 6.61 Å². The van der Waals surface area contributed by atoms with Crippen LogP contribution in [0.2, 0.25) is 18.1 Å². The first-order chi connectivity index (χ1) is 10.6. The van der Waals surface area contributed by atoms with E-state index in [-0.39, 0.29) is 11.1 Å². The van der Waals surface area contributed by atoms with Gasteiger partial charge in [0, 0.05) is 5.39 Å². The molecule has 2 rings (SSSR count). The van der Waals surface area contributed by atoms with E-state index in [2.05, 4.69) is 57.9 Å². The van der Waals surface area contributed by atoms with Crippen LogP contribution < -0.4 is 4.74 Å². The summed E-state index contributed by atoms with van der Waals surface area (Å²) in [6.07, 6.45) is 0.00536. The molecule has 0 fully saturated rings. The fourth-order valence-electron chi connectivity index (χ4n) is 2.11. The molecule has 126 valence electrons. The summed E-state index contributed by atoms with van der Waals surface area (Å²) in [5.41, 5.74) is 1.92. The summed E-state index contributed by atoms with van der Waals surface area (Å²) in [5.74, 6) is 0.843. The summed E-state index contributed by atoms with van der Waals surface area (Å²) in [6.45, 7) is 15.9. The van der Waals surface area contributed by atoms with Crippen LogP contribution in [-0.2, 0) is 4.43 Å². The first kappa shape index (κ1) is 18.0. The van der Waals surface area contributed by atoms with E-state index in [0.717, 1.165) is 22.3 Å². The second-order valence-corrected chi connectivity index (χ2v) is 12.6. The van der Waals surface area contributed by atoms with Crippen LogP contribution in [0.25, 0.3) is 10.9 Å². The van der Waals surface area contributed by atoms with E-state index in [1.165, 1.54) is 0 Å². The third-order valence-electron chi connectivity index (χ3n) is 4.68. The number of pyridine rings is 1. The third kappa shape index (κ3) is 4.33. The van der Waals surface area contributed by atoms with Crippen molar-refractivity contribution in [3.63, 3.8) is 0 Å². The summed E-state index contributed by atoms with van der Waals surface area (Å²) in [6, 6.07) is 10.2. The highest BCUT2D eigenvalue weighted by Crippen LogP contribution is 2.36. The van der Waals surface area contributed by atoms with E-state index in [9.17, 15) is 0 Å². The molecular weight excluding hydrogens is 302 g/mol. The van der Waals surface area contributed by atoms with Gasteiger partial charge >= 0.3 is 0 Å². The zero-order chi connectivity index (χ0) is 17.3. The normalized spacial score (nSPS) is 14.0. The van der Waals surface area contributed by atoms with Gasteiger partial charge in [-0.05, 0) is 44.1 Å². The van der Waals surface area contributed by atoms with E-state index in [4.69, 9.17) is 9.16 Å². The van der Waals surface area contributed by atoms with Crippen molar-refractivity contribution in [1.29, 1.82) is 0 Å². The van der Waals surface area contributed by atoms with Crippen LogP contribution in [-0.4, -0.2) is 26.0 Å². The van der Waals surface area contributed by atoms with Gasteiger partial charge in [0.05, 0.1) is 17.8 Å². The molecule has 0 N–H and O–H groups in total. The Kier molecular flexibility index (Phi) is 5.16. The molecule has 1 aromatic heterocycles. The molecule has 4 heteroatoms. The van der Waals surface area contributed by atoms with Crippen molar-refractivity contribution < 1.29 is 9.16 Å². The zero-order valence-electron chi connectivity index (χ0n) is 15.4. The molecule has 0 unspecified atom stereocenters. The van der Waals surface area contributed by atoms with E-state index < -0.39 is 8.32 Å². The lowest BCUT2D eigenvalue weighted by Gasteiger charge is -2.36. The Labute approximate surface area is 141 Å². The molecule has 3 nitrogen and oxygen atoms in total. The maximum atomic E-state index is 6.25. The minimum Gasteiger partial charge on any atom is -0.486 e. The number of nitrogens with zero attached hydrogens (tertiary/aromatic N) is 1. The lowest BCUT2D eigenvalue weighted by atomic mass is 10.2. The smallest absolute Gasteiger partial charge is 0.192 e. The van der Waals surface area contributed by atoms with Gasteiger partial charge in [0.1, 0.15) is 11.9 Å². The third-order valence-corrected chi connectivity index (χ3v) is 9.18. The van der Waals surface area contributed by atoms with Gasteiger partial charge in [-0.25, -0.2) is 4.98 Å². The van der Waals surface area contributed by atoms with Crippen LogP contribution in [0.5, 0.6) is 5.75 Å². The summed E-state index contributed by atoms with van der Waals surface area (Å²) < 4.78 is 12.3. The Morgan fingerprint density at radius 3 is 2.48 bits per heavy atom. The van der Waals surface area contributed by atoms with Crippen molar-refractivity contribution in [3.8, 4) is 5.75 Å².